The van der Waals surface area contributed by atoms with Gasteiger partial charge in [0.25, 0.3) is 0 Å². The van der Waals surface area contributed by atoms with Crippen LogP contribution in [0.15, 0.2) is 35.2 Å². The van der Waals surface area contributed by atoms with Crippen LogP contribution in [0.1, 0.15) is 61.8 Å². The average Bonchev–Trinajstić information content (AvgIpc) is 3.30. The molecule has 4 saturated heterocycles. The third-order valence-electron chi connectivity index (χ3n) is 9.33. The second-order valence-electron chi connectivity index (χ2n) is 12.9. The van der Waals surface area contributed by atoms with Crippen LogP contribution in [0.3, 0.4) is 0 Å². The second-order valence-corrected chi connectivity index (χ2v) is 23.2. The van der Waals surface area contributed by atoms with Gasteiger partial charge < -0.3 is 17.7 Å². The van der Waals surface area contributed by atoms with Gasteiger partial charge >= 0.3 is 23.2 Å². The van der Waals surface area contributed by atoms with E-state index in [2.05, 4.69) is 66.8 Å². The Labute approximate surface area is 250 Å². The molecule has 0 saturated carbocycles. The number of ether oxygens (including phenoxy) is 1. The Kier molecular flexibility index (Phi) is 8.30. The highest BCUT2D eigenvalue weighted by molar-refractivity contribution is 8.00. The molecular formula is C29H43N3O6SSi2. The van der Waals surface area contributed by atoms with Crippen LogP contribution in [0.5, 0.6) is 0 Å². The number of nitrogens with one attached hydrogen (secondary N) is 1. The van der Waals surface area contributed by atoms with E-state index < -0.39 is 58.3 Å². The van der Waals surface area contributed by atoms with Crippen LogP contribution in [0.25, 0.3) is 0 Å². The molecule has 5 rings (SSSR count). The standard InChI is InChI=1S/C29H43N3O6SSi2/c1-17(2)40(18(3)4)35-16-24-26(37-41(38-40,19(5)6)20(7)8)29(39-21-12-10-9-11-13-21)22(15-30)23-14-25(33)31-28(34)32(23)27(29)36-24/h9-13,17-20,22-24,26-27H,14,16H2,1-8H3,(H,31,33,34)/t22?,23?,24-,26-,27-,29-/m1/s1. The molecule has 1 N–H and O–H groups in total. The molecule has 0 spiro atoms. The van der Waals surface area contributed by atoms with Crippen LogP contribution < -0.4 is 5.32 Å². The first kappa shape index (κ1) is 30.7. The van der Waals surface area contributed by atoms with Gasteiger partial charge in [0.15, 0.2) is 6.23 Å². The lowest BCUT2D eigenvalue weighted by Gasteiger charge is -2.52. The molecule has 0 aromatic heterocycles. The van der Waals surface area contributed by atoms with Crippen LogP contribution in [-0.2, 0) is 22.5 Å². The monoisotopic (exact) mass is 617 g/mol. The zero-order valence-electron chi connectivity index (χ0n) is 25.2. The molecule has 224 valence electrons. The first-order chi connectivity index (χ1) is 19.3. The Hall–Kier alpha value is -1.73. The molecule has 2 unspecified atom stereocenters. The topological polar surface area (TPSA) is 110 Å². The van der Waals surface area contributed by atoms with Crippen molar-refractivity contribution in [3.8, 4) is 6.07 Å². The van der Waals surface area contributed by atoms with E-state index in [1.165, 1.54) is 11.8 Å². The van der Waals surface area contributed by atoms with Crippen LogP contribution in [0, 0.1) is 17.2 Å². The highest BCUT2D eigenvalue weighted by atomic mass is 32.2. The minimum atomic E-state index is -3.06. The molecule has 0 aliphatic carbocycles. The van der Waals surface area contributed by atoms with Gasteiger partial charge in [0.2, 0.25) is 5.91 Å². The van der Waals surface area contributed by atoms with Crippen LogP contribution in [0.4, 0.5) is 4.79 Å². The maximum absolute atomic E-state index is 13.4. The molecule has 4 aliphatic heterocycles. The number of rotatable bonds is 6. The fraction of sp³-hybridized carbons (Fsp3) is 0.690. The highest BCUT2D eigenvalue weighted by Gasteiger charge is 2.75. The molecule has 0 bridgehead atoms. The smallest absolute Gasteiger partial charge is 0.335 e. The maximum atomic E-state index is 13.4. The fourth-order valence-electron chi connectivity index (χ4n) is 7.39. The number of carbonyl (C=O) groups is 2. The summed E-state index contributed by atoms with van der Waals surface area (Å²) < 4.78 is 27.7. The summed E-state index contributed by atoms with van der Waals surface area (Å²) in [7, 11) is -5.88. The largest absolute Gasteiger partial charge is 0.414 e. The summed E-state index contributed by atoms with van der Waals surface area (Å²) in [6.07, 6.45) is -1.86. The lowest BCUT2D eigenvalue weighted by atomic mass is 9.84. The molecule has 6 atom stereocenters. The maximum Gasteiger partial charge on any atom is 0.335 e. The van der Waals surface area contributed by atoms with Gasteiger partial charge in [0.05, 0.1) is 30.7 Å². The summed E-state index contributed by atoms with van der Waals surface area (Å²) >= 11 is 1.53. The van der Waals surface area contributed by atoms with E-state index in [4.69, 9.17) is 17.7 Å². The molecule has 12 heteroatoms. The van der Waals surface area contributed by atoms with E-state index in [1.54, 1.807) is 4.90 Å². The molecule has 0 radical (unpaired) electrons. The molecule has 3 amide bonds. The Bertz CT molecular complexity index is 1190. The molecule has 1 aromatic carbocycles. The van der Waals surface area contributed by atoms with Crippen molar-refractivity contribution >= 4 is 40.8 Å². The molecule has 41 heavy (non-hydrogen) atoms. The summed E-state index contributed by atoms with van der Waals surface area (Å²) in [5, 5.41) is 13.2. The molecule has 4 heterocycles. The van der Waals surface area contributed by atoms with E-state index in [-0.39, 0.29) is 41.1 Å². The number of carbonyl (C=O) groups excluding carboxylic acids is 2. The first-order valence-electron chi connectivity index (χ1n) is 14.8. The summed E-state index contributed by atoms with van der Waals surface area (Å²) in [5.41, 5.74) is 0.523. The lowest BCUT2D eigenvalue weighted by Crippen LogP contribution is -2.67. The quantitative estimate of drug-likeness (QED) is 0.407. The third-order valence-corrected chi connectivity index (χ3v) is 21.1. The molecule has 9 nitrogen and oxygen atoms in total. The third kappa shape index (κ3) is 4.63. The van der Waals surface area contributed by atoms with E-state index in [1.807, 2.05) is 30.3 Å². The van der Waals surface area contributed by atoms with E-state index in [0.29, 0.717) is 0 Å². The fourth-order valence-corrected chi connectivity index (χ4v) is 20.3. The SMILES string of the molecule is CC(C)[Si]1(C(C)C)OC[C@H]2O[C@H]3N4C(=O)NC(=O)CC4C(C#N)[C@@]3(Sc3ccccc3)[C@@H]2O[Si](C(C)C)(C(C)C)O1. The summed E-state index contributed by atoms with van der Waals surface area (Å²) in [6, 6.07) is 11.3. The van der Waals surface area contributed by atoms with Gasteiger partial charge in [-0.15, -0.1) is 11.8 Å². The number of amides is 3. The van der Waals surface area contributed by atoms with Gasteiger partial charge in [0, 0.05) is 11.3 Å². The number of nitriles is 1. The number of urea groups is 1. The zero-order valence-corrected chi connectivity index (χ0v) is 28.1. The minimum absolute atomic E-state index is 0.0406. The van der Waals surface area contributed by atoms with Crippen LogP contribution in [-0.4, -0.2) is 69.8 Å². The normalized spacial score (nSPS) is 34.2. The Morgan fingerprint density at radius 3 is 2.17 bits per heavy atom. The highest BCUT2D eigenvalue weighted by Crippen LogP contribution is 2.61. The summed E-state index contributed by atoms with van der Waals surface area (Å²) in [4.78, 5) is 28.4. The van der Waals surface area contributed by atoms with Gasteiger partial charge in [-0.25, -0.2) is 4.79 Å². The van der Waals surface area contributed by atoms with Gasteiger partial charge in [-0.05, 0) is 34.3 Å². The van der Waals surface area contributed by atoms with Gasteiger partial charge in [-0.3, -0.25) is 15.0 Å². The number of nitrogens with zero attached hydrogens (tertiary/aromatic N) is 2. The minimum Gasteiger partial charge on any atom is -0.414 e. The first-order valence-corrected chi connectivity index (χ1v) is 19.5. The van der Waals surface area contributed by atoms with Crippen molar-refractivity contribution in [3.63, 3.8) is 0 Å². The number of imide groups is 1. The van der Waals surface area contributed by atoms with Crippen molar-refractivity contribution in [2.45, 2.75) is 118 Å². The van der Waals surface area contributed by atoms with Crippen molar-refractivity contribution in [2.75, 3.05) is 6.61 Å². The number of thioether (sulfide) groups is 1. The molecule has 4 fully saturated rings. The van der Waals surface area contributed by atoms with E-state index in [9.17, 15) is 14.9 Å². The van der Waals surface area contributed by atoms with Crippen molar-refractivity contribution in [3.05, 3.63) is 30.3 Å². The lowest BCUT2D eigenvalue weighted by molar-refractivity contribution is -0.125. The van der Waals surface area contributed by atoms with Crippen LogP contribution >= 0.6 is 11.8 Å². The second kappa shape index (κ2) is 11.1. The number of fused-ring (bicyclic) bond motifs is 5. The predicted molar refractivity (Wildman–Crippen MR) is 160 cm³/mol. The van der Waals surface area contributed by atoms with Gasteiger partial charge in [-0.1, -0.05) is 73.6 Å². The Morgan fingerprint density at radius 1 is 1.00 bits per heavy atom. The average molecular weight is 618 g/mol. The van der Waals surface area contributed by atoms with Crippen LogP contribution in [0.2, 0.25) is 22.2 Å². The zero-order chi connectivity index (χ0) is 29.9. The summed E-state index contributed by atoms with van der Waals surface area (Å²) in [5.74, 6) is -1.10. The van der Waals surface area contributed by atoms with Crippen molar-refractivity contribution < 1.29 is 27.3 Å². The number of benzene rings is 1. The van der Waals surface area contributed by atoms with Crippen molar-refractivity contribution in [2.24, 2.45) is 5.92 Å². The van der Waals surface area contributed by atoms with Gasteiger partial charge in [0.1, 0.15) is 10.9 Å². The Balaban J connectivity index is 1.71. The Morgan fingerprint density at radius 2 is 1.61 bits per heavy atom. The van der Waals surface area contributed by atoms with Gasteiger partial charge in [-0.2, -0.15) is 5.26 Å². The predicted octanol–water partition coefficient (Wildman–Crippen LogP) is 5.66. The molecule has 1 aromatic rings. The molecular weight excluding hydrogens is 575 g/mol. The van der Waals surface area contributed by atoms with E-state index in [0.717, 1.165) is 4.90 Å². The number of hydrogen-bond acceptors (Lipinski definition) is 8. The van der Waals surface area contributed by atoms with Crippen molar-refractivity contribution in [1.29, 1.82) is 5.26 Å². The molecule has 4 aliphatic rings. The van der Waals surface area contributed by atoms with Crippen molar-refractivity contribution in [1.82, 2.24) is 10.2 Å². The summed E-state index contributed by atoms with van der Waals surface area (Å²) in [6.45, 7) is 17.6. The van der Waals surface area contributed by atoms with E-state index >= 15 is 0 Å². The number of hydrogen-bond donors (Lipinski definition) is 1.